The van der Waals surface area contributed by atoms with E-state index in [9.17, 15) is 0 Å². The number of hydrogen-bond acceptors (Lipinski definition) is 6. The highest BCUT2D eigenvalue weighted by Crippen LogP contribution is 2.26. The average Bonchev–Trinajstić information content (AvgIpc) is 3.30. The van der Waals surface area contributed by atoms with Gasteiger partial charge in [-0.2, -0.15) is 5.10 Å². The SMILES string of the molecule is Cn1cc2c(n1)CCN(c1ccc3nc(N4CC[C@@H](NC(C)(C)C)C4)ccc3n1)C2. The van der Waals surface area contributed by atoms with Gasteiger partial charge in [0.05, 0.1) is 16.7 Å². The Morgan fingerprint density at radius 2 is 1.67 bits per heavy atom. The van der Waals surface area contributed by atoms with Crippen LogP contribution in [0.1, 0.15) is 38.4 Å². The first kappa shape index (κ1) is 19.3. The van der Waals surface area contributed by atoms with Crippen LogP contribution in [0.5, 0.6) is 0 Å². The maximum atomic E-state index is 4.92. The predicted molar refractivity (Wildman–Crippen MR) is 121 cm³/mol. The van der Waals surface area contributed by atoms with Crippen molar-refractivity contribution in [1.82, 2.24) is 25.1 Å². The summed E-state index contributed by atoms with van der Waals surface area (Å²) in [6.07, 6.45) is 4.24. The van der Waals surface area contributed by atoms with Gasteiger partial charge < -0.3 is 15.1 Å². The van der Waals surface area contributed by atoms with Crippen LogP contribution < -0.4 is 15.1 Å². The monoisotopic (exact) mass is 405 g/mol. The number of nitrogens with one attached hydrogen (secondary N) is 1. The van der Waals surface area contributed by atoms with Crippen LogP contribution in [0.4, 0.5) is 11.6 Å². The van der Waals surface area contributed by atoms with E-state index in [4.69, 9.17) is 9.97 Å². The van der Waals surface area contributed by atoms with Gasteiger partial charge in [-0.05, 0) is 51.5 Å². The van der Waals surface area contributed by atoms with E-state index in [1.54, 1.807) is 0 Å². The third-order valence-corrected chi connectivity index (χ3v) is 5.96. The summed E-state index contributed by atoms with van der Waals surface area (Å²) >= 11 is 0. The second-order valence-electron chi connectivity index (χ2n) is 9.65. The minimum absolute atomic E-state index is 0.142. The normalized spacial score (nSPS) is 19.5. The van der Waals surface area contributed by atoms with Crippen LogP contribution in [0, 0.1) is 0 Å². The Morgan fingerprint density at radius 1 is 0.967 bits per heavy atom. The fourth-order valence-electron chi connectivity index (χ4n) is 4.69. The molecule has 3 aromatic rings. The number of aryl methyl sites for hydroxylation is 1. The Kier molecular flexibility index (Phi) is 4.65. The maximum Gasteiger partial charge on any atom is 0.129 e. The fourth-order valence-corrected chi connectivity index (χ4v) is 4.69. The molecule has 0 unspecified atom stereocenters. The van der Waals surface area contributed by atoms with Crippen molar-refractivity contribution in [3.05, 3.63) is 41.7 Å². The summed E-state index contributed by atoms with van der Waals surface area (Å²) in [6.45, 7) is 10.5. The lowest BCUT2D eigenvalue weighted by atomic mass is 10.1. The molecule has 0 aliphatic carbocycles. The standard InChI is InChI=1S/C23H31N7/c1-23(2,3)26-17-9-11-30(15-17)22-8-6-19-20(25-22)5-7-21(24-19)29-12-10-18-16(14-29)13-28(4)27-18/h5-8,13,17,26H,9-12,14-15H2,1-4H3/t17-/m1/s1. The van der Waals surface area contributed by atoms with Crippen molar-refractivity contribution in [1.29, 1.82) is 0 Å². The van der Waals surface area contributed by atoms with Crippen molar-refractivity contribution in [3.63, 3.8) is 0 Å². The molecule has 0 radical (unpaired) electrons. The second-order valence-corrected chi connectivity index (χ2v) is 9.65. The topological polar surface area (TPSA) is 62.1 Å². The van der Waals surface area contributed by atoms with E-state index >= 15 is 0 Å². The molecule has 0 amide bonds. The highest BCUT2D eigenvalue weighted by atomic mass is 15.3. The molecule has 5 rings (SSSR count). The smallest absolute Gasteiger partial charge is 0.129 e. The van der Waals surface area contributed by atoms with Gasteiger partial charge in [-0.25, -0.2) is 9.97 Å². The number of hydrogen-bond donors (Lipinski definition) is 1. The van der Waals surface area contributed by atoms with Gasteiger partial charge in [0, 0.05) is 63.0 Å². The van der Waals surface area contributed by atoms with Crippen LogP contribution in [-0.4, -0.2) is 51.0 Å². The molecular weight excluding hydrogens is 374 g/mol. The highest BCUT2D eigenvalue weighted by molar-refractivity contribution is 5.78. The van der Waals surface area contributed by atoms with Crippen LogP contribution in [0.25, 0.3) is 11.0 Å². The van der Waals surface area contributed by atoms with Gasteiger partial charge in [0.15, 0.2) is 0 Å². The third kappa shape index (κ3) is 3.86. The van der Waals surface area contributed by atoms with Gasteiger partial charge in [0.2, 0.25) is 0 Å². The third-order valence-electron chi connectivity index (χ3n) is 5.96. The van der Waals surface area contributed by atoms with Gasteiger partial charge in [-0.1, -0.05) is 0 Å². The molecule has 30 heavy (non-hydrogen) atoms. The molecule has 0 saturated carbocycles. The zero-order valence-electron chi connectivity index (χ0n) is 18.4. The van der Waals surface area contributed by atoms with E-state index in [0.29, 0.717) is 6.04 Å². The van der Waals surface area contributed by atoms with Gasteiger partial charge >= 0.3 is 0 Å². The molecular formula is C23H31N7. The number of pyridine rings is 2. The minimum Gasteiger partial charge on any atom is -0.355 e. The lowest BCUT2D eigenvalue weighted by Crippen LogP contribution is -2.44. The second kappa shape index (κ2) is 7.23. The van der Waals surface area contributed by atoms with E-state index in [-0.39, 0.29) is 5.54 Å². The maximum absolute atomic E-state index is 4.92. The van der Waals surface area contributed by atoms with Crippen LogP contribution in [0.3, 0.4) is 0 Å². The van der Waals surface area contributed by atoms with Crippen LogP contribution in [0.2, 0.25) is 0 Å². The number of rotatable bonds is 3. The number of anilines is 2. The molecule has 1 atom stereocenters. The average molecular weight is 406 g/mol. The van der Waals surface area contributed by atoms with Crippen molar-refractivity contribution in [2.24, 2.45) is 7.05 Å². The van der Waals surface area contributed by atoms with Crippen molar-refractivity contribution in [3.8, 4) is 0 Å². The zero-order valence-corrected chi connectivity index (χ0v) is 18.4. The van der Waals surface area contributed by atoms with Gasteiger partial charge in [0.25, 0.3) is 0 Å². The number of nitrogens with zero attached hydrogens (tertiary/aromatic N) is 6. The molecule has 0 bridgehead atoms. The molecule has 0 aromatic carbocycles. The fraction of sp³-hybridized carbons (Fsp3) is 0.522. The molecule has 3 aromatic heterocycles. The molecule has 7 heteroatoms. The molecule has 7 nitrogen and oxygen atoms in total. The zero-order chi connectivity index (χ0) is 20.9. The van der Waals surface area contributed by atoms with E-state index in [2.05, 4.69) is 71.4 Å². The Morgan fingerprint density at radius 3 is 2.37 bits per heavy atom. The summed E-state index contributed by atoms with van der Waals surface area (Å²) in [5.74, 6) is 2.07. The van der Waals surface area contributed by atoms with Crippen molar-refractivity contribution >= 4 is 22.7 Å². The Hall–Kier alpha value is -2.67. The molecule has 1 N–H and O–H groups in total. The molecule has 1 fully saturated rings. The highest BCUT2D eigenvalue weighted by Gasteiger charge is 2.27. The molecule has 5 heterocycles. The molecule has 2 aliphatic rings. The first-order valence-corrected chi connectivity index (χ1v) is 10.9. The van der Waals surface area contributed by atoms with E-state index < -0.39 is 0 Å². The molecule has 1 saturated heterocycles. The number of fused-ring (bicyclic) bond motifs is 2. The Labute approximate surface area is 178 Å². The van der Waals surface area contributed by atoms with Crippen molar-refractivity contribution in [2.45, 2.75) is 51.7 Å². The van der Waals surface area contributed by atoms with E-state index in [1.165, 1.54) is 11.3 Å². The first-order chi connectivity index (χ1) is 14.3. The first-order valence-electron chi connectivity index (χ1n) is 10.9. The summed E-state index contributed by atoms with van der Waals surface area (Å²) in [4.78, 5) is 14.5. The van der Waals surface area contributed by atoms with Gasteiger partial charge in [-0.3, -0.25) is 4.68 Å². The largest absolute Gasteiger partial charge is 0.355 e. The van der Waals surface area contributed by atoms with E-state index in [1.807, 2.05) is 11.7 Å². The van der Waals surface area contributed by atoms with E-state index in [0.717, 1.165) is 61.7 Å². The molecule has 158 valence electrons. The van der Waals surface area contributed by atoms with Crippen LogP contribution in [0.15, 0.2) is 30.5 Å². The summed E-state index contributed by atoms with van der Waals surface area (Å²) in [5.41, 5.74) is 4.57. The summed E-state index contributed by atoms with van der Waals surface area (Å²) < 4.78 is 1.91. The Balaban J connectivity index is 1.32. The lowest BCUT2D eigenvalue weighted by molar-refractivity contribution is 0.373. The Bertz CT molecular complexity index is 1070. The predicted octanol–water partition coefficient (Wildman–Crippen LogP) is 2.89. The minimum atomic E-state index is 0.142. The molecule has 2 aliphatic heterocycles. The van der Waals surface area contributed by atoms with Crippen molar-refractivity contribution < 1.29 is 0 Å². The number of aromatic nitrogens is 4. The van der Waals surface area contributed by atoms with Crippen LogP contribution >= 0.6 is 0 Å². The van der Waals surface area contributed by atoms with Gasteiger partial charge in [0.1, 0.15) is 11.6 Å². The summed E-state index contributed by atoms with van der Waals surface area (Å²) in [5, 5.41) is 8.27. The summed E-state index contributed by atoms with van der Waals surface area (Å²) in [6, 6.07) is 8.97. The molecule has 0 spiro atoms. The van der Waals surface area contributed by atoms with Gasteiger partial charge in [-0.15, -0.1) is 0 Å². The van der Waals surface area contributed by atoms with Crippen molar-refractivity contribution in [2.75, 3.05) is 29.4 Å². The lowest BCUT2D eigenvalue weighted by Gasteiger charge is -2.27. The van der Waals surface area contributed by atoms with Crippen LogP contribution in [-0.2, 0) is 20.0 Å². The quantitative estimate of drug-likeness (QED) is 0.723. The summed E-state index contributed by atoms with van der Waals surface area (Å²) in [7, 11) is 1.99.